The number of amides is 2. The van der Waals surface area contributed by atoms with Crippen molar-refractivity contribution in [2.75, 3.05) is 11.9 Å². The summed E-state index contributed by atoms with van der Waals surface area (Å²) in [6, 6.07) is 4.38. The Labute approximate surface area is 170 Å². The van der Waals surface area contributed by atoms with E-state index < -0.39 is 35.7 Å². The van der Waals surface area contributed by atoms with E-state index in [9.17, 15) is 14.4 Å². The largest absolute Gasteiger partial charge is 0.451 e. The standard InChI is InChI=1S/C20H27ClN2O5/c1-12-8-9-14(21)11-15(12)22-17(24)13(2)27-18(25)16-7-6-10-23(16)19(26)28-20(3,4)5/h8-9,11,13,16H,6-7,10H2,1-5H3,(H,22,24)/t13-,16-/m0/s1. The molecular formula is C20H27ClN2O5. The molecule has 2 amide bonds. The summed E-state index contributed by atoms with van der Waals surface area (Å²) in [4.78, 5) is 38.6. The quantitative estimate of drug-likeness (QED) is 0.760. The van der Waals surface area contributed by atoms with Crippen LogP contribution < -0.4 is 5.32 Å². The Morgan fingerprint density at radius 2 is 1.96 bits per heavy atom. The second-order valence-electron chi connectivity index (χ2n) is 7.86. The van der Waals surface area contributed by atoms with E-state index in [0.717, 1.165) is 5.56 Å². The number of aryl methyl sites for hydroxylation is 1. The minimum Gasteiger partial charge on any atom is -0.451 e. The number of nitrogens with one attached hydrogen (secondary N) is 1. The molecule has 0 radical (unpaired) electrons. The van der Waals surface area contributed by atoms with Crippen LogP contribution in [0, 0.1) is 6.92 Å². The summed E-state index contributed by atoms with van der Waals surface area (Å²) >= 11 is 5.96. The molecule has 1 aromatic carbocycles. The van der Waals surface area contributed by atoms with Crippen molar-refractivity contribution in [3.63, 3.8) is 0 Å². The van der Waals surface area contributed by atoms with E-state index in [1.807, 2.05) is 6.92 Å². The lowest BCUT2D eigenvalue weighted by Crippen LogP contribution is -2.45. The minimum absolute atomic E-state index is 0.414. The lowest BCUT2D eigenvalue weighted by Gasteiger charge is -2.28. The van der Waals surface area contributed by atoms with Crippen LogP contribution in [0.1, 0.15) is 46.1 Å². The molecule has 1 aliphatic heterocycles. The van der Waals surface area contributed by atoms with E-state index in [-0.39, 0.29) is 0 Å². The number of ether oxygens (including phenoxy) is 2. The highest BCUT2D eigenvalue weighted by molar-refractivity contribution is 6.31. The number of carbonyl (C=O) groups is 3. The predicted octanol–water partition coefficient (Wildman–Crippen LogP) is 3.92. The van der Waals surface area contributed by atoms with Gasteiger partial charge in [-0.2, -0.15) is 0 Å². The summed E-state index contributed by atoms with van der Waals surface area (Å²) in [7, 11) is 0. The maximum Gasteiger partial charge on any atom is 0.411 e. The molecule has 0 unspecified atom stereocenters. The van der Waals surface area contributed by atoms with Crippen molar-refractivity contribution in [3.05, 3.63) is 28.8 Å². The number of hydrogen-bond donors (Lipinski definition) is 1. The average molecular weight is 411 g/mol. The van der Waals surface area contributed by atoms with E-state index in [2.05, 4.69) is 5.32 Å². The molecule has 2 atom stereocenters. The third kappa shape index (κ3) is 5.86. The topological polar surface area (TPSA) is 84.9 Å². The first-order valence-electron chi connectivity index (χ1n) is 9.25. The van der Waals surface area contributed by atoms with Crippen LogP contribution >= 0.6 is 11.6 Å². The number of anilines is 1. The SMILES string of the molecule is Cc1ccc(Cl)cc1NC(=O)[C@H](C)OC(=O)[C@@H]1CCCN1C(=O)OC(C)(C)C. The predicted molar refractivity (Wildman–Crippen MR) is 106 cm³/mol. The van der Waals surface area contributed by atoms with Gasteiger partial charge in [0.15, 0.2) is 6.10 Å². The van der Waals surface area contributed by atoms with E-state index in [1.54, 1.807) is 39.0 Å². The van der Waals surface area contributed by atoms with Crippen molar-refractivity contribution < 1.29 is 23.9 Å². The molecule has 1 saturated heterocycles. The summed E-state index contributed by atoms with van der Waals surface area (Å²) in [5, 5.41) is 3.20. The minimum atomic E-state index is -1.02. The van der Waals surface area contributed by atoms with Gasteiger partial charge >= 0.3 is 12.1 Å². The number of halogens is 1. The fraction of sp³-hybridized carbons (Fsp3) is 0.550. The van der Waals surface area contributed by atoms with Gasteiger partial charge in [0.25, 0.3) is 5.91 Å². The molecule has 1 heterocycles. The molecule has 0 aliphatic carbocycles. The molecule has 154 valence electrons. The van der Waals surface area contributed by atoms with Gasteiger partial charge in [0.2, 0.25) is 0 Å². The molecule has 1 aromatic rings. The zero-order valence-corrected chi connectivity index (χ0v) is 17.6. The van der Waals surface area contributed by atoms with Gasteiger partial charge in [-0.1, -0.05) is 17.7 Å². The first-order valence-corrected chi connectivity index (χ1v) is 9.63. The van der Waals surface area contributed by atoms with Gasteiger partial charge in [-0.15, -0.1) is 0 Å². The maximum absolute atomic E-state index is 12.5. The normalized spacial score (nSPS) is 17.8. The second-order valence-corrected chi connectivity index (χ2v) is 8.30. The molecule has 8 heteroatoms. The van der Waals surface area contributed by atoms with Crippen LogP contribution in [0.2, 0.25) is 5.02 Å². The van der Waals surface area contributed by atoms with Crippen LogP contribution in [0.3, 0.4) is 0 Å². The third-order valence-electron chi connectivity index (χ3n) is 4.27. The number of hydrogen-bond acceptors (Lipinski definition) is 5. The average Bonchev–Trinajstić information content (AvgIpc) is 3.06. The van der Waals surface area contributed by atoms with Crippen LogP contribution in [-0.2, 0) is 19.1 Å². The number of likely N-dealkylation sites (tertiary alicyclic amines) is 1. The molecule has 28 heavy (non-hydrogen) atoms. The second kappa shape index (κ2) is 8.82. The Morgan fingerprint density at radius 1 is 1.29 bits per heavy atom. The zero-order valence-electron chi connectivity index (χ0n) is 16.9. The molecule has 0 spiro atoms. The van der Waals surface area contributed by atoms with Gasteiger partial charge in [-0.3, -0.25) is 9.69 Å². The van der Waals surface area contributed by atoms with Gasteiger partial charge in [-0.25, -0.2) is 9.59 Å². The summed E-state index contributed by atoms with van der Waals surface area (Å²) in [5.74, 6) is -1.09. The van der Waals surface area contributed by atoms with Crippen LogP contribution in [0.4, 0.5) is 10.5 Å². The smallest absolute Gasteiger partial charge is 0.411 e. The fourth-order valence-corrected chi connectivity index (χ4v) is 2.99. The van der Waals surface area contributed by atoms with Gasteiger partial charge in [0.1, 0.15) is 11.6 Å². The zero-order chi connectivity index (χ0) is 21.1. The van der Waals surface area contributed by atoms with Crippen molar-refractivity contribution in [2.24, 2.45) is 0 Å². The van der Waals surface area contributed by atoms with E-state index in [4.69, 9.17) is 21.1 Å². The molecular weight excluding hydrogens is 384 g/mol. The number of esters is 1. The highest BCUT2D eigenvalue weighted by Crippen LogP contribution is 2.23. The Kier molecular flexibility index (Phi) is 6.93. The van der Waals surface area contributed by atoms with E-state index in [1.165, 1.54) is 11.8 Å². The summed E-state index contributed by atoms with van der Waals surface area (Å²) in [6.07, 6.45) is -0.438. The molecule has 1 fully saturated rings. The van der Waals surface area contributed by atoms with E-state index in [0.29, 0.717) is 30.1 Å². The first-order chi connectivity index (χ1) is 13.0. The molecule has 7 nitrogen and oxygen atoms in total. The van der Waals surface area contributed by atoms with Crippen molar-refractivity contribution in [2.45, 2.75) is 65.2 Å². The fourth-order valence-electron chi connectivity index (χ4n) is 2.82. The van der Waals surface area contributed by atoms with Crippen molar-refractivity contribution in [1.82, 2.24) is 4.90 Å². The first kappa shape index (κ1) is 22.0. The lowest BCUT2D eigenvalue weighted by atomic mass is 10.2. The Balaban J connectivity index is 1.97. The Hall–Kier alpha value is -2.28. The number of carbonyl (C=O) groups excluding carboxylic acids is 3. The van der Waals surface area contributed by atoms with Gasteiger partial charge in [0.05, 0.1) is 0 Å². The molecule has 0 bridgehead atoms. The highest BCUT2D eigenvalue weighted by Gasteiger charge is 2.38. The molecule has 0 aromatic heterocycles. The molecule has 2 rings (SSSR count). The number of nitrogens with zero attached hydrogens (tertiary/aromatic N) is 1. The number of benzene rings is 1. The van der Waals surface area contributed by atoms with Crippen LogP contribution in [0.25, 0.3) is 0 Å². The summed E-state index contributed by atoms with van der Waals surface area (Å²) < 4.78 is 10.7. The third-order valence-corrected chi connectivity index (χ3v) is 4.51. The van der Waals surface area contributed by atoms with Crippen molar-refractivity contribution >= 4 is 35.3 Å². The van der Waals surface area contributed by atoms with E-state index >= 15 is 0 Å². The maximum atomic E-state index is 12.5. The van der Waals surface area contributed by atoms with Crippen LogP contribution in [-0.4, -0.2) is 47.2 Å². The van der Waals surface area contributed by atoms with Crippen LogP contribution in [0.5, 0.6) is 0 Å². The Morgan fingerprint density at radius 3 is 2.61 bits per heavy atom. The van der Waals surface area contributed by atoms with Gasteiger partial charge in [-0.05, 0) is 65.2 Å². The molecule has 1 aliphatic rings. The lowest BCUT2D eigenvalue weighted by molar-refractivity contribution is -0.157. The van der Waals surface area contributed by atoms with Crippen molar-refractivity contribution in [3.8, 4) is 0 Å². The van der Waals surface area contributed by atoms with Gasteiger partial charge < -0.3 is 14.8 Å². The molecule has 1 N–H and O–H groups in total. The molecule has 0 saturated carbocycles. The monoisotopic (exact) mass is 410 g/mol. The number of rotatable bonds is 4. The summed E-state index contributed by atoms with van der Waals surface area (Å²) in [5.41, 5.74) is 0.732. The van der Waals surface area contributed by atoms with Gasteiger partial charge in [0, 0.05) is 17.3 Å². The van der Waals surface area contributed by atoms with Crippen molar-refractivity contribution in [1.29, 1.82) is 0 Å². The summed E-state index contributed by atoms with van der Waals surface area (Å²) in [6.45, 7) is 9.02. The highest BCUT2D eigenvalue weighted by atomic mass is 35.5. The Bertz CT molecular complexity index is 759. The van der Waals surface area contributed by atoms with Crippen LogP contribution in [0.15, 0.2) is 18.2 Å².